The number of hydrogen-bond donors (Lipinski definition) is 0. The molecule has 0 bridgehead atoms. The molecule has 3 rings (SSSR count). The fourth-order valence-corrected chi connectivity index (χ4v) is 3.68. The predicted molar refractivity (Wildman–Crippen MR) is 111 cm³/mol. The number of carbonyl (C=O) groups is 2. The molecule has 0 spiro atoms. The number of ketones is 1. The zero-order valence-corrected chi connectivity index (χ0v) is 16.8. The van der Waals surface area contributed by atoms with Crippen LogP contribution in [0.5, 0.6) is 0 Å². The number of piperazine rings is 1. The summed E-state index contributed by atoms with van der Waals surface area (Å²) in [6.07, 6.45) is 5.78. The van der Waals surface area contributed by atoms with Gasteiger partial charge in [-0.25, -0.2) is 0 Å². The first kappa shape index (κ1) is 20.5. The molecule has 1 saturated heterocycles. The molecular formula is C22H26ClN3O2. The second kappa shape index (κ2) is 10.3. The van der Waals surface area contributed by atoms with Crippen LogP contribution in [-0.2, 0) is 11.2 Å². The van der Waals surface area contributed by atoms with Gasteiger partial charge in [0.25, 0.3) is 0 Å². The first-order valence-electron chi connectivity index (χ1n) is 9.79. The molecule has 0 aliphatic carbocycles. The smallest absolute Gasteiger partial charge is 0.223 e. The molecule has 0 radical (unpaired) electrons. The van der Waals surface area contributed by atoms with Gasteiger partial charge < -0.3 is 4.90 Å². The molecule has 0 atom stereocenters. The van der Waals surface area contributed by atoms with Gasteiger partial charge in [0.15, 0.2) is 5.78 Å². The summed E-state index contributed by atoms with van der Waals surface area (Å²) in [7, 11) is 0. The normalized spacial score (nSPS) is 14.8. The van der Waals surface area contributed by atoms with Crippen LogP contribution in [-0.4, -0.2) is 59.2 Å². The molecule has 1 aliphatic rings. The molecule has 0 unspecified atom stereocenters. The molecule has 148 valence electrons. The summed E-state index contributed by atoms with van der Waals surface area (Å²) in [5, 5.41) is 0.784. The maximum absolute atomic E-state index is 12.4. The Labute approximate surface area is 171 Å². The van der Waals surface area contributed by atoms with E-state index in [0.29, 0.717) is 5.56 Å². The van der Waals surface area contributed by atoms with Crippen molar-refractivity contribution in [3.8, 4) is 0 Å². The Morgan fingerprint density at radius 1 is 1.04 bits per heavy atom. The maximum atomic E-state index is 12.4. The molecule has 0 saturated carbocycles. The van der Waals surface area contributed by atoms with Gasteiger partial charge >= 0.3 is 0 Å². The summed E-state index contributed by atoms with van der Waals surface area (Å²) in [5.41, 5.74) is 1.83. The highest BCUT2D eigenvalue weighted by molar-refractivity contribution is 6.30. The largest absolute Gasteiger partial charge is 0.340 e. The summed E-state index contributed by atoms with van der Waals surface area (Å²) in [5.74, 6) is 0.0388. The van der Waals surface area contributed by atoms with Gasteiger partial charge in [0.1, 0.15) is 0 Å². The monoisotopic (exact) mass is 399 g/mol. The lowest BCUT2D eigenvalue weighted by Crippen LogP contribution is -2.48. The number of nitrogens with zero attached hydrogens (tertiary/aromatic N) is 3. The highest BCUT2D eigenvalue weighted by atomic mass is 35.5. The molecule has 1 amide bonds. The van der Waals surface area contributed by atoms with Crippen LogP contribution in [0.2, 0.25) is 5.02 Å². The minimum atomic E-state index is -0.0268. The Balaban J connectivity index is 1.34. The van der Waals surface area contributed by atoms with Crippen molar-refractivity contribution >= 4 is 23.3 Å². The van der Waals surface area contributed by atoms with Crippen molar-refractivity contribution < 1.29 is 9.59 Å². The van der Waals surface area contributed by atoms with Crippen LogP contribution in [0.3, 0.4) is 0 Å². The number of benzene rings is 1. The van der Waals surface area contributed by atoms with E-state index in [4.69, 9.17) is 11.6 Å². The summed E-state index contributed by atoms with van der Waals surface area (Å²) in [4.78, 5) is 32.7. The van der Waals surface area contributed by atoms with Gasteiger partial charge in [0.2, 0.25) is 5.91 Å². The number of pyridine rings is 1. The summed E-state index contributed by atoms with van der Waals surface area (Å²) in [6, 6.07) is 11.5. The molecule has 1 fully saturated rings. The number of carbonyl (C=O) groups excluding carboxylic acids is 2. The second-order valence-corrected chi connectivity index (χ2v) is 7.56. The van der Waals surface area contributed by atoms with Gasteiger partial charge in [-0.1, -0.05) is 23.7 Å². The molecule has 2 aromatic rings. The topological polar surface area (TPSA) is 53.5 Å². The average molecular weight is 400 g/mol. The van der Waals surface area contributed by atoms with Crippen LogP contribution in [0.25, 0.3) is 0 Å². The lowest BCUT2D eigenvalue weighted by atomic mass is 10.1. The number of rotatable bonds is 8. The van der Waals surface area contributed by atoms with Gasteiger partial charge in [-0.3, -0.25) is 19.5 Å². The van der Waals surface area contributed by atoms with E-state index in [2.05, 4.69) is 16.0 Å². The van der Waals surface area contributed by atoms with E-state index < -0.39 is 0 Å². The van der Waals surface area contributed by atoms with Crippen molar-refractivity contribution in [2.24, 2.45) is 0 Å². The zero-order chi connectivity index (χ0) is 19.8. The Morgan fingerprint density at radius 2 is 1.86 bits per heavy atom. The standard InChI is InChI=1S/C22H26ClN3O2/c23-20-7-1-4-18(16-20)5-3-11-25-12-14-26(15-13-25)22(28)9-8-21(27)19-6-2-10-24-17-19/h1-2,4,6-7,10,16-17H,3,5,8-9,11-15H2. The van der Waals surface area contributed by atoms with E-state index in [0.717, 1.165) is 50.6 Å². The first-order valence-corrected chi connectivity index (χ1v) is 10.2. The van der Waals surface area contributed by atoms with Crippen LogP contribution < -0.4 is 0 Å². The summed E-state index contributed by atoms with van der Waals surface area (Å²) >= 11 is 6.03. The molecule has 6 heteroatoms. The van der Waals surface area contributed by atoms with Crippen LogP contribution in [0.4, 0.5) is 0 Å². The Hall–Kier alpha value is -2.24. The quantitative estimate of drug-likeness (QED) is 0.638. The van der Waals surface area contributed by atoms with E-state index >= 15 is 0 Å². The third-order valence-corrected chi connectivity index (χ3v) is 5.34. The fraction of sp³-hybridized carbons (Fsp3) is 0.409. The van der Waals surface area contributed by atoms with Gasteiger partial charge in [-0.15, -0.1) is 0 Å². The highest BCUT2D eigenvalue weighted by Gasteiger charge is 2.21. The van der Waals surface area contributed by atoms with Gasteiger partial charge in [-0.2, -0.15) is 0 Å². The van der Waals surface area contributed by atoms with Crippen molar-refractivity contribution in [2.45, 2.75) is 25.7 Å². The molecule has 1 aromatic heterocycles. The zero-order valence-electron chi connectivity index (χ0n) is 16.0. The lowest BCUT2D eigenvalue weighted by molar-refractivity contribution is -0.132. The number of halogens is 1. The van der Waals surface area contributed by atoms with E-state index in [1.807, 2.05) is 23.1 Å². The molecule has 1 aliphatic heterocycles. The number of aryl methyl sites for hydroxylation is 1. The molecule has 0 N–H and O–H groups in total. The molecule has 2 heterocycles. The minimum Gasteiger partial charge on any atom is -0.340 e. The number of Topliss-reactive ketones (excluding diaryl/α,β-unsaturated/α-hetero) is 1. The van der Waals surface area contributed by atoms with Gasteiger partial charge in [-0.05, 0) is 49.2 Å². The second-order valence-electron chi connectivity index (χ2n) is 7.12. The van der Waals surface area contributed by atoms with Crippen molar-refractivity contribution in [3.05, 3.63) is 64.9 Å². The van der Waals surface area contributed by atoms with E-state index in [-0.39, 0.29) is 24.5 Å². The average Bonchev–Trinajstić information content (AvgIpc) is 2.73. The minimum absolute atomic E-state index is 0.0268. The number of hydrogen-bond acceptors (Lipinski definition) is 4. The van der Waals surface area contributed by atoms with E-state index in [1.54, 1.807) is 24.5 Å². The van der Waals surface area contributed by atoms with Gasteiger partial charge in [0.05, 0.1) is 0 Å². The molecule has 5 nitrogen and oxygen atoms in total. The third kappa shape index (κ3) is 6.14. The number of aromatic nitrogens is 1. The van der Waals surface area contributed by atoms with Crippen molar-refractivity contribution in [3.63, 3.8) is 0 Å². The summed E-state index contributed by atoms with van der Waals surface area (Å²) in [6.45, 7) is 4.26. The van der Waals surface area contributed by atoms with Crippen LogP contribution in [0.1, 0.15) is 35.2 Å². The Bertz CT molecular complexity index is 789. The summed E-state index contributed by atoms with van der Waals surface area (Å²) < 4.78 is 0. The predicted octanol–water partition coefficient (Wildman–Crippen LogP) is 3.47. The lowest BCUT2D eigenvalue weighted by Gasteiger charge is -2.34. The fourth-order valence-electron chi connectivity index (χ4n) is 3.47. The molecule has 1 aromatic carbocycles. The first-order chi connectivity index (χ1) is 13.6. The van der Waals surface area contributed by atoms with Crippen LogP contribution in [0.15, 0.2) is 48.8 Å². The number of amides is 1. The van der Waals surface area contributed by atoms with Crippen LogP contribution >= 0.6 is 11.6 Å². The van der Waals surface area contributed by atoms with E-state index in [9.17, 15) is 9.59 Å². The van der Waals surface area contributed by atoms with Crippen molar-refractivity contribution in [1.82, 2.24) is 14.8 Å². The Morgan fingerprint density at radius 3 is 2.57 bits per heavy atom. The van der Waals surface area contributed by atoms with E-state index in [1.165, 1.54) is 5.56 Å². The maximum Gasteiger partial charge on any atom is 0.223 e. The Kier molecular flexibility index (Phi) is 7.57. The van der Waals surface area contributed by atoms with Crippen molar-refractivity contribution in [1.29, 1.82) is 0 Å². The molecule has 28 heavy (non-hydrogen) atoms. The van der Waals surface area contributed by atoms with Crippen molar-refractivity contribution in [2.75, 3.05) is 32.7 Å². The SMILES string of the molecule is O=C(CCC(=O)N1CCN(CCCc2cccc(Cl)c2)CC1)c1cccnc1. The molecular weight excluding hydrogens is 374 g/mol. The third-order valence-electron chi connectivity index (χ3n) is 5.10. The highest BCUT2D eigenvalue weighted by Crippen LogP contribution is 2.13. The van der Waals surface area contributed by atoms with Gasteiger partial charge in [0, 0.05) is 62.0 Å². The van der Waals surface area contributed by atoms with Crippen LogP contribution in [0, 0.1) is 0 Å².